The second kappa shape index (κ2) is 7.48. The Balaban J connectivity index is 2.02. The van der Waals surface area contributed by atoms with Crippen LogP contribution in [0.25, 0.3) is 0 Å². The van der Waals surface area contributed by atoms with Gasteiger partial charge in [-0.2, -0.15) is 0 Å². The quantitative estimate of drug-likeness (QED) is 0.842. The second-order valence-electron chi connectivity index (χ2n) is 6.08. The number of likely N-dealkylation sites (tertiary alicyclic amines) is 1. The lowest BCUT2D eigenvalue weighted by molar-refractivity contribution is -0.144. The monoisotopic (exact) mass is 323 g/mol. The van der Waals surface area contributed by atoms with E-state index in [1.165, 1.54) is 0 Å². The molecule has 1 N–H and O–H groups in total. The lowest BCUT2D eigenvalue weighted by Crippen LogP contribution is -2.46. The number of carbonyl (C=O) groups excluding carboxylic acids is 2. The largest absolute Gasteiger partial charge is 0.464 e. The molecule has 7 heteroatoms. The van der Waals surface area contributed by atoms with Crippen molar-refractivity contribution in [2.24, 2.45) is 0 Å². The van der Waals surface area contributed by atoms with Crippen molar-refractivity contribution in [1.82, 2.24) is 15.4 Å². The Labute approximate surface area is 136 Å². The van der Waals surface area contributed by atoms with Crippen LogP contribution in [0.2, 0.25) is 0 Å². The zero-order valence-electron chi connectivity index (χ0n) is 14.2. The van der Waals surface area contributed by atoms with Crippen molar-refractivity contribution in [1.29, 1.82) is 0 Å². The number of nitrogens with one attached hydrogen (secondary N) is 1. The smallest absolute Gasteiger partial charge is 0.328 e. The minimum absolute atomic E-state index is 0.135. The summed E-state index contributed by atoms with van der Waals surface area (Å²) in [6.45, 7) is 8.36. The molecule has 2 heterocycles. The minimum atomic E-state index is -0.676. The van der Waals surface area contributed by atoms with E-state index in [4.69, 9.17) is 9.26 Å². The van der Waals surface area contributed by atoms with Crippen molar-refractivity contribution in [3.63, 3.8) is 0 Å². The first-order valence-corrected chi connectivity index (χ1v) is 8.14. The fourth-order valence-electron chi connectivity index (χ4n) is 2.63. The highest BCUT2D eigenvalue weighted by Gasteiger charge is 2.34. The van der Waals surface area contributed by atoms with Crippen LogP contribution in [0.15, 0.2) is 10.6 Å². The molecule has 1 aromatic rings. The van der Waals surface area contributed by atoms with Crippen molar-refractivity contribution in [2.45, 2.75) is 58.5 Å². The van der Waals surface area contributed by atoms with Gasteiger partial charge in [0.05, 0.1) is 18.3 Å². The fourth-order valence-corrected chi connectivity index (χ4v) is 2.63. The number of urea groups is 1. The van der Waals surface area contributed by atoms with Gasteiger partial charge in [-0.3, -0.25) is 0 Å². The lowest BCUT2D eigenvalue weighted by Gasteiger charge is -2.24. The van der Waals surface area contributed by atoms with Crippen LogP contribution in [0.5, 0.6) is 0 Å². The molecule has 1 saturated heterocycles. The highest BCUT2D eigenvalue weighted by Crippen LogP contribution is 2.33. The molecular weight excluding hydrogens is 298 g/mol. The van der Waals surface area contributed by atoms with E-state index in [9.17, 15) is 9.59 Å². The van der Waals surface area contributed by atoms with Gasteiger partial charge in [-0.1, -0.05) is 19.0 Å². The summed E-state index contributed by atoms with van der Waals surface area (Å²) < 4.78 is 10.3. The number of aromatic nitrogens is 1. The summed E-state index contributed by atoms with van der Waals surface area (Å²) in [5.74, 6) is 0.545. The fraction of sp³-hybridized carbons (Fsp3) is 0.688. The number of esters is 1. The molecule has 2 amide bonds. The van der Waals surface area contributed by atoms with Crippen molar-refractivity contribution < 1.29 is 18.8 Å². The van der Waals surface area contributed by atoms with Crippen molar-refractivity contribution in [3.05, 3.63) is 17.5 Å². The average molecular weight is 323 g/mol. The molecule has 1 aliphatic rings. The van der Waals surface area contributed by atoms with E-state index < -0.39 is 12.0 Å². The van der Waals surface area contributed by atoms with E-state index in [2.05, 4.69) is 10.5 Å². The molecule has 7 nitrogen and oxygen atoms in total. The molecule has 23 heavy (non-hydrogen) atoms. The van der Waals surface area contributed by atoms with Gasteiger partial charge in [-0.25, -0.2) is 9.59 Å². The van der Waals surface area contributed by atoms with Gasteiger partial charge in [-0.15, -0.1) is 0 Å². The Bertz CT molecular complexity index is 555. The predicted octanol–water partition coefficient (Wildman–Crippen LogP) is 2.60. The molecule has 0 radical (unpaired) electrons. The topological polar surface area (TPSA) is 84.7 Å². The van der Waals surface area contributed by atoms with Crippen molar-refractivity contribution in [3.8, 4) is 0 Å². The Kier molecular flexibility index (Phi) is 5.63. The number of ether oxygens (including phenoxy) is 1. The van der Waals surface area contributed by atoms with Crippen LogP contribution < -0.4 is 5.32 Å². The third-order valence-electron chi connectivity index (χ3n) is 3.96. The molecule has 1 aromatic heterocycles. The van der Waals surface area contributed by atoms with E-state index in [0.29, 0.717) is 18.9 Å². The summed E-state index contributed by atoms with van der Waals surface area (Å²) in [6, 6.07) is 0.819. The zero-order chi connectivity index (χ0) is 17.0. The van der Waals surface area contributed by atoms with Crippen LogP contribution >= 0.6 is 0 Å². The number of hydrogen-bond donors (Lipinski definition) is 1. The molecule has 128 valence electrons. The molecule has 0 spiro atoms. The summed E-state index contributed by atoms with van der Waals surface area (Å²) in [5, 5.41) is 6.75. The summed E-state index contributed by atoms with van der Waals surface area (Å²) >= 11 is 0. The van der Waals surface area contributed by atoms with Crippen LogP contribution in [0, 0.1) is 0 Å². The average Bonchev–Trinajstić information content (AvgIpc) is 3.15. The normalized spacial score (nSPS) is 19.0. The molecule has 1 fully saturated rings. The maximum absolute atomic E-state index is 12.4. The van der Waals surface area contributed by atoms with Crippen molar-refractivity contribution >= 4 is 12.0 Å². The number of amides is 2. The SMILES string of the molecule is CCOC(=O)C(C)NC(=O)N1CCCC1c1cc(C(C)C)no1. The molecule has 0 bridgehead atoms. The van der Waals surface area contributed by atoms with Gasteiger partial charge in [0.2, 0.25) is 0 Å². The lowest BCUT2D eigenvalue weighted by atomic mass is 10.1. The van der Waals surface area contributed by atoms with E-state index in [1.54, 1.807) is 18.7 Å². The number of rotatable bonds is 5. The maximum atomic E-state index is 12.4. The first-order valence-electron chi connectivity index (χ1n) is 8.14. The summed E-state index contributed by atoms with van der Waals surface area (Å²) in [6.07, 6.45) is 1.72. The first kappa shape index (κ1) is 17.3. The molecule has 0 aromatic carbocycles. The van der Waals surface area contributed by atoms with E-state index >= 15 is 0 Å². The van der Waals surface area contributed by atoms with Crippen molar-refractivity contribution in [2.75, 3.05) is 13.2 Å². The Hall–Kier alpha value is -2.05. The van der Waals surface area contributed by atoms with Crippen LogP contribution in [0.1, 0.15) is 64.0 Å². The van der Waals surface area contributed by atoms with E-state index in [1.807, 2.05) is 19.9 Å². The van der Waals surface area contributed by atoms with Gasteiger partial charge in [0.1, 0.15) is 6.04 Å². The Morgan fingerprint density at radius 2 is 2.22 bits per heavy atom. The van der Waals surface area contributed by atoms with Crippen LogP contribution in [-0.4, -0.2) is 41.3 Å². The predicted molar refractivity (Wildman–Crippen MR) is 83.9 cm³/mol. The zero-order valence-corrected chi connectivity index (χ0v) is 14.2. The van der Waals surface area contributed by atoms with E-state index in [0.717, 1.165) is 18.5 Å². The highest BCUT2D eigenvalue weighted by atomic mass is 16.5. The van der Waals surface area contributed by atoms with Gasteiger partial charge in [-0.05, 0) is 32.6 Å². The minimum Gasteiger partial charge on any atom is -0.464 e. The maximum Gasteiger partial charge on any atom is 0.328 e. The molecule has 2 atom stereocenters. The summed E-state index contributed by atoms with van der Waals surface area (Å²) in [5.41, 5.74) is 0.882. The molecule has 0 saturated carbocycles. The van der Waals surface area contributed by atoms with Crippen LogP contribution in [0.3, 0.4) is 0 Å². The molecule has 0 aliphatic carbocycles. The van der Waals surface area contributed by atoms with E-state index in [-0.39, 0.29) is 18.0 Å². The van der Waals surface area contributed by atoms with Gasteiger partial charge in [0, 0.05) is 12.6 Å². The standard InChI is InChI=1S/C16H25N3O4/c1-5-22-15(20)11(4)17-16(21)19-8-6-7-13(19)14-9-12(10(2)3)18-23-14/h9-11,13H,5-8H2,1-4H3,(H,17,21). The third-order valence-corrected chi connectivity index (χ3v) is 3.96. The van der Waals surface area contributed by atoms with Gasteiger partial charge in [0.25, 0.3) is 0 Å². The molecular formula is C16H25N3O4. The van der Waals surface area contributed by atoms with Crippen LogP contribution in [0.4, 0.5) is 4.79 Å². The number of nitrogens with zero attached hydrogens (tertiary/aromatic N) is 2. The van der Waals surface area contributed by atoms with Gasteiger partial charge < -0.3 is 19.5 Å². The summed E-state index contributed by atoms with van der Waals surface area (Å²) in [4.78, 5) is 25.8. The molecule has 2 rings (SSSR count). The highest BCUT2D eigenvalue weighted by molar-refractivity contribution is 5.83. The number of carbonyl (C=O) groups is 2. The molecule has 2 unspecified atom stereocenters. The Morgan fingerprint density at radius 3 is 2.83 bits per heavy atom. The van der Waals surface area contributed by atoms with Gasteiger partial charge >= 0.3 is 12.0 Å². The third kappa shape index (κ3) is 4.03. The number of hydrogen-bond acceptors (Lipinski definition) is 5. The second-order valence-corrected chi connectivity index (χ2v) is 6.08. The Morgan fingerprint density at radius 1 is 1.48 bits per heavy atom. The van der Waals surface area contributed by atoms with Gasteiger partial charge in [0.15, 0.2) is 5.76 Å². The van der Waals surface area contributed by atoms with Crippen LogP contribution in [-0.2, 0) is 9.53 Å². The molecule has 1 aliphatic heterocycles. The first-order chi connectivity index (χ1) is 10.9. The summed E-state index contributed by atoms with van der Waals surface area (Å²) in [7, 11) is 0.